The van der Waals surface area contributed by atoms with Crippen LogP contribution >= 0.6 is 8.81 Å². The van der Waals surface area contributed by atoms with Crippen LogP contribution in [0.25, 0.3) is 0 Å². The fraction of sp³-hybridized carbons (Fsp3) is 0.500. The lowest BCUT2D eigenvalue weighted by molar-refractivity contribution is 0.159. The Morgan fingerprint density at radius 1 is 1.00 bits per heavy atom. The third kappa shape index (κ3) is 4.21. The fourth-order valence-electron chi connectivity index (χ4n) is 1.25. The van der Waals surface area contributed by atoms with Gasteiger partial charge in [-0.15, -0.1) is 0 Å². The van der Waals surface area contributed by atoms with E-state index in [0.717, 1.165) is 0 Å². The zero-order valence-electron chi connectivity index (χ0n) is 9.64. The van der Waals surface area contributed by atoms with Crippen LogP contribution < -0.4 is 5.30 Å². The maximum atomic E-state index is 5.75. The predicted molar refractivity (Wildman–Crippen MR) is 64.7 cm³/mol. The van der Waals surface area contributed by atoms with E-state index in [-0.39, 0.29) is 5.60 Å². The summed E-state index contributed by atoms with van der Waals surface area (Å²) in [7, 11) is 0.449. The molecule has 1 atom stereocenters. The van der Waals surface area contributed by atoms with Crippen LogP contribution in [-0.4, -0.2) is 5.60 Å². The Balaban J connectivity index is 2.68. The van der Waals surface area contributed by atoms with E-state index in [1.807, 2.05) is 0 Å². The number of hydrogen-bond acceptors (Lipinski definition) is 1. The molecule has 0 amide bonds. The lowest BCUT2D eigenvalue weighted by atomic mass is 10.2. The van der Waals surface area contributed by atoms with E-state index in [1.54, 1.807) is 0 Å². The Morgan fingerprint density at radius 3 is 1.93 bits per heavy atom. The van der Waals surface area contributed by atoms with Gasteiger partial charge >= 0.3 is 0 Å². The van der Waals surface area contributed by atoms with Crippen molar-refractivity contribution in [2.24, 2.45) is 0 Å². The molecule has 0 saturated carbocycles. The van der Waals surface area contributed by atoms with E-state index in [9.17, 15) is 0 Å². The van der Waals surface area contributed by atoms with Gasteiger partial charge in [-0.1, -0.05) is 17.2 Å². The second-order valence-corrected chi connectivity index (χ2v) is 5.68. The smallest absolute Gasteiger partial charge is 0.0642 e. The minimum atomic E-state index is -0.0455. The number of hydrogen-bond donors (Lipinski definition) is 0. The molecule has 0 N–H and O–H groups in total. The fourth-order valence-corrected chi connectivity index (χ4v) is 2.24. The van der Waals surface area contributed by atoms with Crippen molar-refractivity contribution in [2.75, 3.05) is 0 Å². The third-order valence-corrected chi connectivity index (χ3v) is 2.94. The summed E-state index contributed by atoms with van der Waals surface area (Å²) >= 11 is 0. The normalized spacial score (nSPS) is 12.6. The van der Waals surface area contributed by atoms with E-state index in [4.69, 9.17) is 4.52 Å². The van der Waals surface area contributed by atoms with Crippen molar-refractivity contribution in [3.63, 3.8) is 0 Å². The van der Waals surface area contributed by atoms with Gasteiger partial charge in [0, 0.05) is 8.81 Å². The average molecular weight is 210 g/mol. The first-order valence-electron chi connectivity index (χ1n) is 4.89. The molecule has 0 aliphatic rings. The summed E-state index contributed by atoms with van der Waals surface area (Å²) in [5.41, 5.74) is 2.57. The van der Waals surface area contributed by atoms with Crippen molar-refractivity contribution in [3.8, 4) is 0 Å². The minimum absolute atomic E-state index is 0.0455. The zero-order valence-corrected chi connectivity index (χ0v) is 10.6. The average Bonchev–Trinajstić information content (AvgIpc) is 1.97. The van der Waals surface area contributed by atoms with E-state index in [2.05, 4.69) is 52.8 Å². The molecule has 1 aromatic carbocycles. The third-order valence-electron chi connectivity index (χ3n) is 1.70. The van der Waals surface area contributed by atoms with Crippen molar-refractivity contribution in [1.29, 1.82) is 0 Å². The molecule has 0 bridgehead atoms. The van der Waals surface area contributed by atoms with Crippen molar-refractivity contribution in [3.05, 3.63) is 29.3 Å². The maximum absolute atomic E-state index is 5.75. The number of rotatable bonds is 2. The largest absolute Gasteiger partial charge is 0.352 e. The molecule has 0 aliphatic heterocycles. The molecule has 0 saturated heterocycles. The van der Waals surface area contributed by atoms with Crippen LogP contribution in [-0.2, 0) is 4.52 Å². The van der Waals surface area contributed by atoms with E-state index in [1.165, 1.54) is 16.4 Å². The van der Waals surface area contributed by atoms with Crippen LogP contribution in [0.2, 0.25) is 0 Å². The van der Waals surface area contributed by atoms with Crippen LogP contribution in [0.4, 0.5) is 0 Å². The maximum Gasteiger partial charge on any atom is 0.0642 e. The Labute approximate surface area is 88.7 Å². The summed E-state index contributed by atoms with van der Waals surface area (Å²) in [4.78, 5) is 0. The summed E-state index contributed by atoms with van der Waals surface area (Å²) in [5.74, 6) is 0. The second-order valence-electron chi connectivity index (χ2n) is 4.69. The topological polar surface area (TPSA) is 9.23 Å². The molecular formula is C12H19OP. The van der Waals surface area contributed by atoms with Gasteiger partial charge in [-0.25, -0.2) is 0 Å². The molecule has 14 heavy (non-hydrogen) atoms. The minimum Gasteiger partial charge on any atom is -0.352 e. The van der Waals surface area contributed by atoms with Gasteiger partial charge in [0.15, 0.2) is 0 Å². The first kappa shape index (κ1) is 11.7. The summed E-state index contributed by atoms with van der Waals surface area (Å²) in [6, 6.07) is 6.57. The van der Waals surface area contributed by atoms with Gasteiger partial charge in [0.1, 0.15) is 0 Å². The van der Waals surface area contributed by atoms with Gasteiger partial charge in [-0.2, -0.15) is 0 Å². The molecular weight excluding hydrogens is 191 g/mol. The van der Waals surface area contributed by atoms with Crippen LogP contribution in [0.15, 0.2) is 18.2 Å². The molecule has 0 radical (unpaired) electrons. The Morgan fingerprint density at radius 2 is 1.50 bits per heavy atom. The summed E-state index contributed by atoms with van der Waals surface area (Å²) in [5, 5.41) is 1.29. The Hall–Kier alpha value is -0.390. The first-order valence-corrected chi connectivity index (χ1v) is 5.80. The van der Waals surface area contributed by atoms with Crippen LogP contribution in [0, 0.1) is 13.8 Å². The van der Waals surface area contributed by atoms with Gasteiger partial charge in [0.2, 0.25) is 0 Å². The van der Waals surface area contributed by atoms with Crippen molar-refractivity contribution < 1.29 is 4.52 Å². The highest BCUT2D eigenvalue weighted by Gasteiger charge is 2.10. The first-order chi connectivity index (χ1) is 6.37. The molecule has 0 aliphatic carbocycles. The van der Waals surface area contributed by atoms with E-state index >= 15 is 0 Å². The quantitative estimate of drug-likeness (QED) is 0.680. The highest BCUT2D eigenvalue weighted by atomic mass is 31.1. The van der Waals surface area contributed by atoms with Crippen molar-refractivity contribution in [1.82, 2.24) is 0 Å². The van der Waals surface area contributed by atoms with Crippen LogP contribution in [0.1, 0.15) is 31.9 Å². The molecule has 0 fully saturated rings. The lowest BCUT2D eigenvalue weighted by Gasteiger charge is -2.19. The van der Waals surface area contributed by atoms with Gasteiger partial charge in [-0.3, -0.25) is 0 Å². The monoisotopic (exact) mass is 210 g/mol. The Kier molecular flexibility index (Phi) is 3.69. The predicted octanol–water partition coefficient (Wildman–Crippen LogP) is 3.34. The van der Waals surface area contributed by atoms with E-state index < -0.39 is 0 Å². The molecule has 0 spiro atoms. The van der Waals surface area contributed by atoms with Crippen LogP contribution in [0.5, 0.6) is 0 Å². The lowest BCUT2D eigenvalue weighted by Crippen LogP contribution is -2.15. The standard InChI is InChI=1S/C12H19OP/c1-9-6-10(2)8-11(7-9)14-13-12(3,4)5/h6-8,14H,1-5H3. The van der Waals surface area contributed by atoms with E-state index in [0.29, 0.717) is 8.81 Å². The molecule has 0 heterocycles. The molecule has 1 aromatic rings. The van der Waals surface area contributed by atoms with Crippen molar-refractivity contribution >= 4 is 14.1 Å². The van der Waals surface area contributed by atoms with Gasteiger partial charge in [-0.05, 0) is 52.1 Å². The molecule has 1 rings (SSSR count). The van der Waals surface area contributed by atoms with Crippen molar-refractivity contribution in [2.45, 2.75) is 40.2 Å². The zero-order chi connectivity index (χ0) is 10.8. The summed E-state index contributed by atoms with van der Waals surface area (Å²) in [6.07, 6.45) is 0. The molecule has 1 unspecified atom stereocenters. The Bertz CT molecular complexity index is 292. The molecule has 0 aromatic heterocycles. The van der Waals surface area contributed by atoms with Gasteiger partial charge in [0.25, 0.3) is 0 Å². The summed E-state index contributed by atoms with van der Waals surface area (Å²) < 4.78 is 5.75. The number of benzene rings is 1. The van der Waals surface area contributed by atoms with Crippen LogP contribution in [0.3, 0.4) is 0 Å². The number of aryl methyl sites for hydroxylation is 2. The SMILES string of the molecule is Cc1cc(C)cc(POC(C)(C)C)c1. The van der Waals surface area contributed by atoms with Gasteiger partial charge in [0.05, 0.1) is 5.60 Å². The van der Waals surface area contributed by atoms with Gasteiger partial charge < -0.3 is 4.52 Å². The molecule has 2 heteroatoms. The highest BCUT2D eigenvalue weighted by molar-refractivity contribution is 7.42. The molecule has 78 valence electrons. The molecule has 1 nitrogen and oxygen atoms in total. The second kappa shape index (κ2) is 4.42. The highest BCUT2D eigenvalue weighted by Crippen LogP contribution is 2.22. The summed E-state index contributed by atoms with van der Waals surface area (Å²) in [6.45, 7) is 10.5.